The number of carbonyl (C=O) groups is 1. The van der Waals surface area contributed by atoms with Crippen molar-refractivity contribution in [2.24, 2.45) is 0 Å². The van der Waals surface area contributed by atoms with Gasteiger partial charge in [0, 0.05) is 28.9 Å². The minimum absolute atomic E-state index is 0.0215. The molecule has 3 aromatic rings. The number of nitrogens with two attached hydrogens (primary N) is 1. The third kappa shape index (κ3) is 3.25. The van der Waals surface area contributed by atoms with Gasteiger partial charge in [0.05, 0.1) is 16.7 Å². The number of benzene rings is 2. The maximum Gasteiger partial charge on any atom is 0.193 e. The zero-order valence-electron chi connectivity index (χ0n) is 14.1. The quantitative estimate of drug-likeness (QED) is 0.567. The largest absolute Gasteiger partial charge is 0.399 e. The summed E-state index contributed by atoms with van der Waals surface area (Å²) in [6.45, 7) is 0. The molecule has 0 spiro atoms. The van der Waals surface area contributed by atoms with Crippen LogP contribution in [0.2, 0.25) is 0 Å². The molecule has 4 nitrogen and oxygen atoms in total. The Labute approximate surface area is 147 Å². The van der Waals surface area contributed by atoms with Crippen molar-refractivity contribution in [3.63, 3.8) is 0 Å². The Morgan fingerprint density at radius 1 is 0.920 bits per heavy atom. The van der Waals surface area contributed by atoms with Gasteiger partial charge < -0.3 is 5.73 Å². The summed E-state index contributed by atoms with van der Waals surface area (Å²) in [5.41, 5.74) is 10.3. The maximum absolute atomic E-state index is 12.7. The average Bonchev–Trinajstić information content (AvgIpc) is 2.68. The molecule has 126 valence electrons. The van der Waals surface area contributed by atoms with Crippen LogP contribution in [0.4, 0.5) is 5.69 Å². The van der Waals surface area contributed by atoms with Crippen molar-refractivity contribution in [2.75, 3.05) is 5.73 Å². The van der Waals surface area contributed by atoms with Crippen molar-refractivity contribution >= 4 is 22.5 Å². The topological polar surface area (TPSA) is 68.9 Å². The SMILES string of the molecule is Nc1ccc(C(=O)c2ccc3ncc(C4CCCCC4)nc3c2)cc1. The van der Waals surface area contributed by atoms with E-state index in [1.54, 1.807) is 24.3 Å². The molecule has 0 atom stereocenters. The monoisotopic (exact) mass is 331 g/mol. The first-order valence-corrected chi connectivity index (χ1v) is 8.88. The number of ketones is 1. The number of hydrogen-bond acceptors (Lipinski definition) is 4. The lowest BCUT2D eigenvalue weighted by Crippen LogP contribution is -2.07. The molecule has 4 heteroatoms. The number of nitrogen functional groups attached to an aromatic ring is 1. The molecule has 4 rings (SSSR count). The van der Waals surface area contributed by atoms with Crippen molar-refractivity contribution in [3.8, 4) is 0 Å². The summed E-state index contributed by atoms with van der Waals surface area (Å²) in [5.74, 6) is 0.480. The summed E-state index contributed by atoms with van der Waals surface area (Å²) in [6, 6.07) is 12.5. The molecule has 0 amide bonds. The molecule has 0 bridgehead atoms. The van der Waals surface area contributed by atoms with Crippen LogP contribution in [0, 0.1) is 0 Å². The van der Waals surface area contributed by atoms with Gasteiger partial charge in [-0.2, -0.15) is 0 Å². The highest BCUT2D eigenvalue weighted by Gasteiger charge is 2.18. The van der Waals surface area contributed by atoms with E-state index in [-0.39, 0.29) is 5.78 Å². The highest BCUT2D eigenvalue weighted by Crippen LogP contribution is 2.31. The first kappa shape index (κ1) is 15.8. The van der Waals surface area contributed by atoms with Crippen molar-refractivity contribution < 1.29 is 4.79 Å². The molecule has 0 unspecified atom stereocenters. The van der Waals surface area contributed by atoms with E-state index in [0.29, 0.717) is 22.7 Å². The van der Waals surface area contributed by atoms with E-state index in [1.807, 2.05) is 24.4 Å². The first-order chi connectivity index (χ1) is 12.2. The smallest absolute Gasteiger partial charge is 0.193 e. The van der Waals surface area contributed by atoms with Crippen LogP contribution in [0.15, 0.2) is 48.7 Å². The molecular formula is C21H21N3O. The molecule has 0 saturated heterocycles. The van der Waals surface area contributed by atoms with E-state index in [9.17, 15) is 4.79 Å². The third-order valence-electron chi connectivity index (χ3n) is 5.02. The summed E-state index contributed by atoms with van der Waals surface area (Å²) < 4.78 is 0. The van der Waals surface area contributed by atoms with Gasteiger partial charge in [-0.25, -0.2) is 4.98 Å². The average molecular weight is 331 g/mol. The van der Waals surface area contributed by atoms with Crippen molar-refractivity contribution in [1.29, 1.82) is 0 Å². The Bertz CT molecular complexity index is 912. The van der Waals surface area contributed by atoms with Crippen LogP contribution in [0.3, 0.4) is 0 Å². The Morgan fingerprint density at radius 2 is 1.64 bits per heavy atom. The van der Waals surface area contributed by atoms with E-state index < -0.39 is 0 Å². The third-order valence-corrected chi connectivity index (χ3v) is 5.02. The van der Waals surface area contributed by atoms with E-state index in [4.69, 9.17) is 10.7 Å². The molecule has 0 aliphatic heterocycles. The van der Waals surface area contributed by atoms with Gasteiger partial charge in [-0.15, -0.1) is 0 Å². The van der Waals surface area contributed by atoms with E-state index in [2.05, 4.69) is 4.98 Å². The number of carbonyl (C=O) groups excluding carboxylic acids is 1. The van der Waals surface area contributed by atoms with Crippen LogP contribution < -0.4 is 5.73 Å². The molecule has 1 aliphatic rings. The summed E-state index contributed by atoms with van der Waals surface area (Å²) in [5, 5.41) is 0. The fourth-order valence-electron chi connectivity index (χ4n) is 3.56. The van der Waals surface area contributed by atoms with Crippen molar-refractivity contribution in [1.82, 2.24) is 9.97 Å². The molecule has 25 heavy (non-hydrogen) atoms. The highest BCUT2D eigenvalue weighted by atomic mass is 16.1. The maximum atomic E-state index is 12.7. The summed E-state index contributed by atoms with van der Waals surface area (Å²) >= 11 is 0. The van der Waals surface area contributed by atoms with Gasteiger partial charge in [0.25, 0.3) is 0 Å². The number of fused-ring (bicyclic) bond motifs is 1. The lowest BCUT2D eigenvalue weighted by atomic mass is 9.87. The minimum atomic E-state index is -0.0215. The van der Waals surface area contributed by atoms with Gasteiger partial charge in [0.15, 0.2) is 5.78 Å². The second-order valence-electron chi connectivity index (χ2n) is 6.78. The van der Waals surface area contributed by atoms with Crippen LogP contribution in [0.5, 0.6) is 0 Å². The van der Waals surface area contributed by atoms with Crippen LogP contribution in [0.25, 0.3) is 11.0 Å². The molecule has 1 aliphatic carbocycles. The number of nitrogens with zero attached hydrogens (tertiary/aromatic N) is 2. The van der Waals surface area contributed by atoms with Gasteiger partial charge in [0.2, 0.25) is 0 Å². The van der Waals surface area contributed by atoms with E-state index >= 15 is 0 Å². The van der Waals surface area contributed by atoms with Gasteiger partial charge in [-0.05, 0) is 55.3 Å². The fraction of sp³-hybridized carbons (Fsp3) is 0.286. The Kier molecular flexibility index (Phi) is 4.18. The number of aromatic nitrogens is 2. The van der Waals surface area contributed by atoms with Gasteiger partial charge in [0.1, 0.15) is 0 Å². The number of hydrogen-bond donors (Lipinski definition) is 1. The van der Waals surface area contributed by atoms with Crippen molar-refractivity contribution in [3.05, 3.63) is 65.5 Å². The molecule has 2 N–H and O–H groups in total. The van der Waals surface area contributed by atoms with Crippen LogP contribution in [-0.2, 0) is 0 Å². The Hall–Kier alpha value is -2.75. The van der Waals surface area contributed by atoms with Crippen LogP contribution >= 0.6 is 0 Å². The van der Waals surface area contributed by atoms with Gasteiger partial charge in [-0.1, -0.05) is 19.3 Å². The van der Waals surface area contributed by atoms with E-state index in [1.165, 1.54) is 32.1 Å². The lowest BCUT2D eigenvalue weighted by Gasteiger charge is -2.20. The van der Waals surface area contributed by atoms with Crippen LogP contribution in [-0.4, -0.2) is 15.8 Å². The minimum Gasteiger partial charge on any atom is -0.399 e. The Balaban J connectivity index is 1.68. The van der Waals surface area contributed by atoms with Gasteiger partial charge >= 0.3 is 0 Å². The molecule has 1 fully saturated rings. The normalized spacial score (nSPS) is 15.4. The lowest BCUT2D eigenvalue weighted by molar-refractivity contribution is 0.103. The summed E-state index contributed by atoms with van der Waals surface area (Å²) in [7, 11) is 0. The molecular weight excluding hydrogens is 310 g/mol. The predicted molar refractivity (Wildman–Crippen MR) is 99.7 cm³/mol. The second-order valence-corrected chi connectivity index (χ2v) is 6.78. The van der Waals surface area contributed by atoms with Crippen LogP contribution in [0.1, 0.15) is 59.6 Å². The number of rotatable bonds is 3. The Morgan fingerprint density at radius 3 is 2.40 bits per heavy atom. The first-order valence-electron chi connectivity index (χ1n) is 8.88. The van der Waals surface area contributed by atoms with Crippen molar-refractivity contribution in [2.45, 2.75) is 38.0 Å². The molecule has 1 heterocycles. The van der Waals surface area contributed by atoms with E-state index in [0.717, 1.165) is 16.7 Å². The van der Waals surface area contributed by atoms with Gasteiger partial charge in [-0.3, -0.25) is 9.78 Å². The number of anilines is 1. The molecule has 1 saturated carbocycles. The second kappa shape index (κ2) is 6.63. The summed E-state index contributed by atoms with van der Waals surface area (Å²) in [6.07, 6.45) is 8.12. The molecule has 1 aromatic heterocycles. The predicted octanol–water partition coefficient (Wildman–Crippen LogP) is 4.49. The standard InChI is InChI=1S/C21H21N3O/c22-17-9-6-15(7-10-17)21(25)16-8-11-18-19(12-16)24-20(13-23-18)14-4-2-1-3-5-14/h6-14H,1-5,22H2. The fourth-order valence-corrected chi connectivity index (χ4v) is 3.56. The zero-order chi connectivity index (χ0) is 17.2. The molecule has 0 radical (unpaired) electrons. The summed E-state index contributed by atoms with van der Waals surface area (Å²) in [4.78, 5) is 22.1. The molecule has 2 aromatic carbocycles. The highest BCUT2D eigenvalue weighted by molar-refractivity contribution is 6.10. The zero-order valence-corrected chi connectivity index (χ0v) is 14.1.